The van der Waals surface area contributed by atoms with Crippen LogP contribution in [0.1, 0.15) is 30.9 Å². The van der Waals surface area contributed by atoms with E-state index in [-0.39, 0.29) is 0 Å². The minimum atomic E-state index is -0.919. The van der Waals surface area contributed by atoms with Crippen LogP contribution in [0.3, 0.4) is 0 Å². The van der Waals surface area contributed by atoms with Crippen molar-refractivity contribution in [2.75, 3.05) is 33.2 Å². The van der Waals surface area contributed by atoms with Crippen molar-refractivity contribution in [1.29, 1.82) is 0 Å². The Morgan fingerprint density at radius 2 is 2.00 bits per heavy atom. The van der Waals surface area contributed by atoms with Gasteiger partial charge in [0.05, 0.1) is 6.10 Å². The molecule has 118 valence electrons. The molecule has 0 amide bonds. The van der Waals surface area contributed by atoms with Gasteiger partial charge in [-0.15, -0.1) is 0 Å². The van der Waals surface area contributed by atoms with Gasteiger partial charge in [0.2, 0.25) is 0 Å². The summed E-state index contributed by atoms with van der Waals surface area (Å²) in [6.45, 7) is 3.51. The smallest absolute Gasteiger partial charge is 0.159 e. The highest BCUT2D eigenvalue weighted by Crippen LogP contribution is 2.19. The van der Waals surface area contributed by atoms with Gasteiger partial charge in [-0.05, 0) is 69.6 Å². The highest BCUT2D eigenvalue weighted by Gasteiger charge is 2.16. The van der Waals surface area contributed by atoms with Gasteiger partial charge in [0.25, 0.3) is 0 Å². The first kappa shape index (κ1) is 16.3. The first-order valence-electron chi connectivity index (χ1n) is 7.58. The predicted molar refractivity (Wildman–Crippen MR) is 79.0 cm³/mol. The average Bonchev–Trinajstić information content (AvgIpc) is 2.48. The van der Waals surface area contributed by atoms with E-state index in [1.165, 1.54) is 18.9 Å². The molecular weight excluding hydrogens is 274 g/mol. The highest BCUT2D eigenvalue weighted by molar-refractivity contribution is 5.20. The molecule has 1 unspecified atom stereocenters. The molecule has 1 aromatic carbocycles. The Morgan fingerprint density at radius 1 is 1.29 bits per heavy atom. The summed E-state index contributed by atoms with van der Waals surface area (Å²) in [6.07, 6.45) is 2.74. The van der Waals surface area contributed by atoms with E-state index < -0.39 is 17.7 Å². The Labute approximate surface area is 125 Å². The number of aliphatic hydroxyl groups is 1. The monoisotopic (exact) mass is 298 g/mol. The van der Waals surface area contributed by atoms with E-state index in [4.69, 9.17) is 0 Å². The van der Waals surface area contributed by atoms with E-state index in [2.05, 4.69) is 17.3 Å². The molecule has 1 saturated heterocycles. The van der Waals surface area contributed by atoms with Crippen LogP contribution < -0.4 is 5.32 Å². The molecule has 2 rings (SSSR count). The van der Waals surface area contributed by atoms with Gasteiger partial charge in [-0.25, -0.2) is 8.78 Å². The summed E-state index contributed by atoms with van der Waals surface area (Å²) in [7, 11) is 2.15. The van der Waals surface area contributed by atoms with Crippen LogP contribution in [-0.2, 0) is 0 Å². The summed E-state index contributed by atoms with van der Waals surface area (Å²) < 4.78 is 25.9. The second-order valence-electron chi connectivity index (χ2n) is 5.93. The lowest BCUT2D eigenvalue weighted by molar-refractivity contribution is 0.170. The number of likely N-dealkylation sites (tertiary alicyclic amines) is 1. The molecule has 0 bridgehead atoms. The number of nitrogens with one attached hydrogen (secondary N) is 1. The van der Waals surface area contributed by atoms with Crippen LogP contribution in [0, 0.1) is 17.6 Å². The zero-order valence-electron chi connectivity index (χ0n) is 12.5. The Kier molecular flexibility index (Phi) is 6.08. The molecule has 1 aromatic rings. The summed E-state index contributed by atoms with van der Waals surface area (Å²) in [4.78, 5) is 2.34. The third-order valence-electron chi connectivity index (χ3n) is 4.23. The molecular formula is C16H24F2N2O. The third kappa shape index (κ3) is 5.02. The molecule has 0 aliphatic carbocycles. The molecule has 2 N–H and O–H groups in total. The summed E-state index contributed by atoms with van der Waals surface area (Å²) in [6, 6.07) is 3.52. The van der Waals surface area contributed by atoms with Crippen LogP contribution in [0.4, 0.5) is 8.78 Å². The average molecular weight is 298 g/mol. The quantitative estimate of drug-likeness (QED) is 0.791. The third-order valence-corrected chi connectivity index (χ3v) is 4.23. The topological polar surface area (TPSA) is 35.5 Å². The Bertz CT molecular complexity index is 448. The minimum absolute atomic E-state index is 0.359. The maximum absolute atomic E-state index is 13.1. The van der Waals surface area contributed by atoms with Gasteiger partial charge in [0.1, 0.15) is 0 Å². The fraction of sp³-hybridized carbons (Fsp3) is 0.625. The van der Waals surface area contributed by atoms with Crippen LogP contribution in [0.25, 0.3) is 0 Å². The van der Waals surface area contributed by atoms with Crippen molar-refractivity contribution in [2.45, 2.75) is 25.4 Å². The van der Waals surface area contributed by atoms with E-state index in [0.29, 0.717) is 12.1 Å². The van der Waals surface area contributed by atoms with Gasteiger partial charge < -0.3 is 15.3 Å². The number of nitrogens with zero attached hydrogens (tertiary/aromatic N) is 1. The van der Waals surface area contributed by atoms with Crippen molar-refractivity contribution in [2.24, 2.45) is 5.92 Å². The highest BCUT2D eigenvalue weighted by atomic mass is 19.2. The molecule has 0 spiro atoms. The first-order valence-corrected chi connectivity index (χ1v) is 7.58. The maximum atomic E-state index is 13.1. The van der Waals surface area contributed by atoms with Crippen molar-refractivity contribution in [1.82, 2.24) is 10.2 Å². The number of hydrogen-bond acceptors (Lipinski definition) is 3. The molecule has 1 aliphatic rings. The van der Waals surface area contributed by atoms with Gasteiger partial charge in [0, 0.05) is 6.54 Å². The largest absolute Gasteiger partial charge is 0.387 e. The predicted octanol–water partition coefficient (Wildman–Crippen LogP) is 2.32. The number of halogens is 2. The number of benzene rings is 1. The van der Waals surface area contributed by atoms with E-state index in [9.17, 15) is 13.9 Å². The van der Waals surface area contributed by atoms with Gasteiger partial charge in [0.15, 0.2) is 11.6 Å². The summed E-state index contributed by atoms with van der Waals surface area (Å²) >= 11 is 0. The lowest BCUT2D eigenvalue weighted by Gasteiger charge is -2.29. The zero-order chi connectivity index (χ0) is 15.2. The molecule has 0 saturated carbocycles. The second kappa shape index (κ2) is 7.82. The maximum Gasteiger partial charge on any atom is 0.159 e. The standard InChI is InChI=1S/C16H24F2N2O/c1-20-8-5-12(6-9-20)4-7-19-11-16(21)13-2-3-14(17)15(18)10-13/h2-3,10,12,16,19,21H,4-9,11H2,1H3. The molecule has 1 atom stereocenters. The molecule has 1 heterocycles. The van der Waals surface area contributed by atoms with Gasteiger partial charge >= 0.3 is 0 Å². The molecule has 3 nitrogen and oxygen atoms in total. The van der Waals surface area contributed by atoms with Crippen molar-refractivity contribution in [3.05, 3.63) is 35.4 Å². The van der Waals surface area contributed by atoms with Crippen molar-refractivity contribution in [3.8, 4) is 0 Å². The fourth-order valence-electron chi connectivity index (χ4n) is 2.73. The lowest BCUT2D eigenvalue weighted by Crippen LogP contribution is -2.32. The summed E-state index contributed by atoms with van der Waals surface area (Å²) in [5, 5.41) is 13.1. The second-order valence-corrected chi connectivity index (χ2v) is 5.93. The zero-order valence-corrected chi connectivity index (χ0v) is 12.5. The van der Waals surface area contributed by atoms with Gasteiger partial charge in [-0.1, -0.05) is 6.07 Å². The molecule has 1 fully saturated rings. The number of piperidine rings is 1. The van der Waals surface area contributed by atoms with Crippen LogP contribution in [0.2, 0.25) is 0 Å². The minimum Gasteiger partial charge on any atom is -0.387 e. The van der Waals surface area contributed by atoms with E-state index in [1.54, 1.807) is 0 Å². The van der Waals surface area contributed by atoms with Crippen molar-refractivity contribution in [3.63, 3.8) is 0 Å². The molecule has 1 aliphatic heterocycles. The SMILES string of the molecule is CN1CCC(CCNCC(O)c2ccc(F)c(F)c2)CC1. The normalized spacial score (nSPS) is 18.9. The van der Waals surface area contributed by atoms with E-state index >= 15 is 0 Å². The Hall–Kier alpha value is -1.04. The number of rotatable bonds is 6. The van der Waals surface area contributed by atoms with Crippen molar-refractivity contribution >= 4 is 0 Å². The van der Waals surface area contributed by atoms with Crippen LogP contribution >= 0.6 is 0 Å². The van der Waals surface area contributed by atoms with Gasteiger partial charge in [-0.3, -0.25) is 0 Å². The molecule has 0 radical (unpaired) electrons. The summed E-state index contributed by atoms with van der Waals surface area (Å²) in [5.74, 6) is -1.06. The number of aliphatic hydroxyl groups excluding tert-OH is 1. The number of hydrogen-bond donors (Lipinski definition) is 2. The van der Waals surface area contributed by atoms with E-state index in [1.807, 2.05) is 0 Å². The van der Waals surface area contributed by atoms with Gasteiger partial charge in [-0.2, -0.15) is 0 Å². The van der Waals surface area contributed by atoms with Crippen LogP contribution in [0.5, 0.6) is 0 Å². The molecule has 0 aromatic heterocycles. The molecule has 5 heteroatoms. The lowest BCUT2D eigenvalue weighted by atomic mass is 9.94. The Morgan fingerprint density at radius 3 is 2.67 bits per heavy atom. The fourth-order valence-corrected chi connectivity index (χ4v) is 2.73. The summed E-state index contributed by atoms with van der Waals surface area (Å²) in [5.41, 5.74) is 0.403. The van der Waals surface area contributed by atoms with Crippen LogP contribution in [-0.4, -0.2) is 43.2 Å². The van der Waals surface area contributed by atoms with Crippen molar-refractivity contribution < 1.29 is 13.9 Å². The first-order chi connectivity index (χ1) is 10.1. The molecule has 21 heavy (non-hydrogen) atoms. The van der Waals surface area contributed by atoms with E-state index in [0.717, 1.165) is 44.1 Å². The van der Waals surface area contributed by atoms with Crippen LogP contribution in [0.15, 0.2) is 18.2 Å². The Balaban J connectivity index is 1.67.